The average Bonchev–Trinajstić information content (AvgIpc) is 1.40. The quantitative estimate of drug-likeness (QED) is 0.0684. The molecule has 0 aliphatic carbocycles. The molecule has 0 saturated carbocycles. The minimum Gasteiger partial charge on any atom is -0.668 e. The van der Waals surface area contributed by atoms with Gasteiger partial charge in [-0.25, -0.2) is 0 Å². The molecule has 0 spiro atoms. The number of benzene rings is 5. The first-order chi connectivity index (χ1) is 39.2. The van der Waals surface area contributed by atoms with Gasteiger partial charge in [-0.1, -0.05) is 139 Å². The summed E-state index contributed by atoms with van der Waals surface area (Å²) in [5, 5.41) is 22.7. The van der Waals surface area contributed by atoms with Crippen molar-refractivity contribution in [1.82, 2.24) is 31.9 Å². The number of amides is 4. The largest absolute Gasteiger partial charge is 3.00 e. The third-order valence-electron chi connectivity index (χ3n) is 14.4. The molecule has 4 amide bonds. The fourth-order valence-corrected chi connectivity index (χ4v) is 9.97. The van der Waals surface area contributed by atoms with Gasteiger partial charge in [-0.2, -0.15) is 50.5 Å². The smallest absolute Gasteiger partial charge is 0.668 e. The molecule has 5 aromatic rings. The second kappa shape index (κ2) is 38.2. The summed E-state index contributed by atoms with van der Waals surface area (Å²) in [5.74, 6) is 0.495. The molecule has 2 heterocycles. The Labute approximate surface area is 583 Å². The number of nitrogens with one attached hydrogen (secondary N) is 6. The third kappa shape index (κ3) is 22.7. The van der Waals surface area contributed by atoms with E-state index in [1.54, 1.807) is 14.1 Å². The van der Waals surface area contributed by atoms with Crippen LogP contribution < -0.4 is 31.9 Å². The van der Waals surface area contributed by atoms with Crippen LogP contribution in [-0.4, -0.2) is 37.7 Å². The predicted molar refractivity (Wildman–Crippen MR) is 352 cm³/mol. The van der Waals surface area contributed by atoms with E-state index in [-0.39, 0.29) is 136 Å². The van der Waals surface area contributed by atoms with Gasteiger partial charge in [0.25, 0.3) is 23.6 Å². The van der Waals surface area contributed by atoms with Crippen molar-refractivity contribution in [3.63, 3.8) is 0 Å². The maximum absolute atomic E-state index is 13.7. The molecule has 0 bridgehead atoms. The number of aryl methyl sites for hydroxylation is 6. The molecule has 86 heavy (non-hydrogen) atoms. The molecule has 5 aromatic carbocycles. The van der Waals surface area contributed by atoms with Crippen molar-refractivity contribution in [1.29, 1.82) is 0 Å². The van der Waals surface area contributed by atoms with Crippen molar-refractivity contribution in [3.8, 4) is 0 Å². The van der Waals surface area contributed by atoms with E-state index in [1.807, 2.05) is 140 Å². The molecule has 7 rings (SSSR count). The van der Waals surface area contributed by atoms with Gasteiger partial charge in [-0.05, 0) is 150 Å². The van der Waals surface area contributed by atoms with E-state index >= 15 is 0 Å². The molecule has 1 radical (unpaired) electrons. The molecule has 0 atom stereocenters. The Morgan fingerprint density at radius 1 is 0.453 bits per heavy atom. The van der Waals surface area contributed by atoms with Crippen LogP contribution in [0.15, 0.2) is 161 Å². The van der Waals surface area contributed by atoms with Crippen LogP contribution in [0.1, 0.15) is 217 Å². The molecule has 0 saturated heterocycles. The summed E-state index contributed by atoms with van der Waals surface area (Å²) >= 11 is 0. The Morgan fingerprint density at radius 2 is 0.721 bits per heavy atom. The standard InChI is InChI=1S/C37H51N3O2.C27H31N3O2.C6H5.C2H6N.CH3.2Nd/c1-20(2)28-16-24(9)17-29(21(3)4)34(28)36(41)38-26(11)32-14-13-15-33(40-32)27(12)39-37(42)35-30(22(5)6)18-25(10)19-31(35)23(7)8;1-16-10-7-11-17(2)24(16)26(31)28-20(5)22-14-9-15-23(30-22)21(6)29-27(32)25-18(3)12-8-13-19(25)4;1-2-4-6-5-3-1;1-3-2;;;/h13-14,16-23,40H,15H2,1-12H3,(H,38,41)(H,39,42);7-14,30H,15H2,1-6H3,(H,28,31)(H,29,32);1-5H;1-2H3;1H3;;/q;;3*-1;;+3. The van der Waals surface area contributed by atoms with Crippen molar-refractivity contribution in [2.75, 3.05) is 14.1 Å². The minimum absolute atomic E-state index is 0. The predicted octanol–water partition coefficient (Wildman–Crippen LogP) is 16.6. The van der Waals surface area contributed by atoms with Crippen molar-refractivity contribution in [2.45, 2.75) is 161 Å². The van der Waals surface area contributed by atoms with Crippen LogP contribution in [0, 0.1) is 137 Å². The molecule has 2 aliphatic heterocycles. The fraction of sp³-hybridized carbons (Fsp3) is 0.356. The Balaban J connectivity index is 0.000000743. The van der Waals surface area contributed by atoms with Gasteiger partial charge in [0.05, 0.1) is 11.4 Å². The second-order valence-corrected chi connectivity index (χ2v) is 22.9. The van der Waals surface area contributed by atoms with E-state index in [4.69, 9.17) is 0 Å². The molecule has 0 unspecified atom stereocenters. The summed E-state index contributed by atoms with van der Waals surface area (Å²) in [7, 11) is 3.50. The first kappa shape index (κ1) is 78.7. The normalized spacial score (nSPS) is 14.5. The third-order valence-corrected chi connectivity index (χ3v) is 14.4. The average molecular weight is 1420 g/mol. The van der Waals surface area contributed by atoms with Crippen LogP contribution in [0.2, 0.25) is 0 Å². The number of allylic oxidation sites excluding steroid dienone is 8. The molecular formula is C73H96N7Nd2O4. The number of hydrogen-bond acceptors (Lipinski definition) is 6. The molecule has 2 aliphatic rings. The zero-order valence-corrected chi connectivity index (χ0v) is 61.7. The maximum Gasteiger partial charge on any atom is 3.00 e. The van der Waals surface area contributed by atoms with Crippen molar-refractivity contribution in [2.24, 2.45) is 0 Å². The van der Waals surface area contributed by atoms with Gasteiger partial charge in [0, 0.05) is 110 Å². The Morgan fingerprint density at radius 3 is 0.965 bits per heavy atom. The van der Waals surface area contributed by atoms with Crippen molar-refractivity contribution in [3.05, 3.63) is 258 Å². The van der Waals surface area contributed by atoms with E-state index < -0.39 is 0 Å². The Kier molecular flexibility index (Phi) is 34.9. The van der Waals surface area contributed by atoms with Crippen LogP contribution in [0.5, 0.6) is 0 Å². The van der Waals surface area contributed by atoms with Crippen LogP contribution in [-0.2, 0) is 0 Å². The number of hydrogen-bond donors (Lipinski definition) is 6. The zero-order valence-electron chi connectivity index (χ0n) is 55.3. The molecule has 6 N–H and O–H groups in total. The summed E-state index contributed by atoms with van der Waals surface area (Å²) in [6, 6.07) is 32.7. The number of carbonyl (C=O) groups is 4. The molecule has 11 nitrogen and oxygen atoms in total. The van der Waals surface area contributed by atoms with Gasteiger partial charge in [-0.15, -0.1) is 0 Å². The van der Waals surface area contributed by atoms with Gasteiger partial charge in [-0.3, -0.25) is 19.2 Å². The minimum atomic E-state index is -0.128. The van der Waals surface area contributed by atoms with Gasteiger partial charge >= 0.3 is 40.8 Å². The first-order valence-corrected chi connectivity index (χ1v) is 29.0. The summed E-state index contributed by atoms with van der Waals surface area (Å²) in [4.78, 5) is 53.1. The van der Waals surface area contributed by atoms with E-state index in [0.29, 0.717) is 24.0 Å². The second-order valence-electron chi connectivity index (χ2n) is 22.9. The first-order valence-electron chi connectivity index (χ1n) is 29.0. The summed E-state index contributed by atoms with van der Waals surface area (Å²) in [5.41, 5.74) is 19.7. The van der Waals surface area contributed by atoms with Crippen molar-refractivity contribution >= 4 is 23.6 Å². The maximum atomic E-state index is 13.7. The number of nitrogens with zero attached hydrogens (tertiary/aromatic N) is 1. The SMILES string of the molecule is CC(NC(=O)c1c(C(C)C)cc(C)cc1C(C)C)=C1C=CCC(=C(C)NC(=O)c2c(C(C)C)cc(C)cc2C(C)C)N1.CC(NC(=O)c1c(C)cccc1C)=C1C=CCC(=C(C)NC(=O)c2c(C)cccc2C)N1.C[N-]C.[CH3-].[Nd+3].[Nd].[c-]1ccccc1. The summed E-state index contributed by atoms with van der Waals surface area (Å²) in [6.45, 7) is 36.6. The van der Waals surface area contributed by atoms with Crippen LogP contribution in [0.3, 0.4) is 0 Å². The van der Waals surface area contributed by atoms with Gasteiger partial charge in [0.15, 0.2) is 0 Å². The fourth-order valence-electron chi connectivity index (χ4n) is 9.97. The summed E-state index contributed by atoms with van der Waals surface area (Å²) < 4.78 is 0. The van der Waals surface area contributed by atoms with E-state index in [9.17, 15) is 19.2 Å². The van der Waals surface area contributed by atoms with Crippen LogP contribution >= 0.6 is 0 Å². The topological polar surface area (TPSA) is 155 Å². The molecule has 13 heteroatoms. The number of carbonyl (C=O) groups excluding carboxylic acids is 4. The molecular weight excluding hydrogens is 1330 g/mol. The monoisotopic (exact) mass is 1420 g/mol. The Hall–Kier alpha value is -5.32. The Bertz CT molecular complexity index is 3200. The van der Waals surface area contributed by atoms with E-state index in [0.717, 1.165) is 101 Å². The van der Waals surface area contributed by atoms with Gasteiger partial charge < -0.3 is 44.6 Å². The van der Waals surface area contributed by atoms with E-state index in [1.165, 1.54) is 11.1 Å². The van der Waals surface area contributed by atoms with E-state index in [2.05, 4.69) is 143 Å². The zero-order chi connectivity index (χ0) is 61.8. The molecule has 455 valence electrons. The molecule has 0 aromatic heterocycles. The summed E-state index contributed by atoms with van der Waals surface area (Å²) in [6.07, 6.45) is 9.34. The van der Waals surface area contributed by atoms with Gasteiger partial charge in [0.1, 0.15) is 0 Å². The molecule has 0 fully saturated rings. The van der Waals surface area contributed by atoms with Crippen LogP contribution in [0.25, 0.3) is 5.32 Å². The van der Waals surface area contributed by atoms with Crippen LogP contribution in [0.4, 0.5) is 0 Å². The van der Waals surface area contributed by atoms with Crippen molar-refractivity contribution < 1.29 is 101 Å². The van der Waals surface area contributed by atoms with Gasteiger partial charge in [0.2, 0.25) is 0 Å². The number of rotatable bonds is 12.